The molecule has 0 aliphatic heterocycles. The molecule has 0 radical (unpaired) electrons. The molecule has 0 bridgehead atoms. The van der Waals surface area contributed by atoms with E-state index in [2.05, 4.69) is 10.6 Å². The van der Waals surface area contributed by atoms with Crippen LogP contribution < -0.4 is 10.6 Å². The number of nitriles is 1. The lowest BCUT2D eigenvalue weighted by atomic mass is 10.3. The van der Waals surface area contributed by atoms with Gasteiger partial charge in [0.1, 0.15) is 6.54 Å². The first-order valence-electron chi connectivity index (χ1n) is 4.26. The van der Waals surface area contributed by atoms with Crippen molar-refractivity contribution in [1.29, 1.82) is 5.26 Å². The van der Waals surface area contributed by atoms with Gasteiger partial charge in [-0.15, -0.1) is 0 Å². The van der Waals surface area contributed by atoms with E-state index >= 15 is 0 Å². The fourth-order valence-electron chi connectivity index (χ4n) is 0.764. The summed E-state index contributed by atoms with van der Waals surface area (Å²) in [5, 5.41) is 21.9. The molecule has 0 heterocycles. The lowest BCUT2D eigenvalue weighted by molar-refractivity contribution is -0.120. The van der Waals surface area contributed by atoms with E-state index < -0.39 is 0 Å². The summed E-state index contributed by atoms with van der Waals surface area (Å²) >= 11 is 0. The Morgan fingerprint density at radius 1 is 1.46 bits per heavy atom. The number of aliphatic hydroxyl groups is 1. The smallest absolute Gasteiger partial charge is 0.234 e. The Morgan fingerprint density at radius 2 is 2.23 bits per heavy atom. The van der Waals surface area contributed by atoms with Gasteiger partial charge in [0, 0.05) is 6.61 Å². The lowest BCUT2D eigenvalue weighted by Gasteiger charge is -2.02. The van der Waals surface area contributed by atoms with Crippen LogP contribution in [0, 0.1) is 11.3 Å². The number of hydrogen-bond acceptors (Lipinski definition) is 4. The molecular formula is C8H15N3O2. The second-order valence-electron chi connectivity index (χ2n) is 2.54. The van der Waals surface area contributed by atoms with E-state index in [4.69, 9.17) is 10.4 Å². The summed E-state index contributed by atoms with van der Waals surface area (Å²) in [5.74, 6) is -0.175. The first-order chi connectivity index (χ1) is 6.31. The van der Waals surface area contributed by atoms with Gasteiger partial charge in [-0.2, -0.15) is 5.26 Å². The molecule has 3 N–H and O–H groups in total. The second kappa shape index (κ2) is 8.97. The minimum atomic E-state index is -0.175. The molecule has 5 nitrogen and oxygen atoms in total. The van der Waals surface area contributed by atoms with E-state index in [1.54, 1.807) is 0 Å². The van der Waals surface area contributed by atoms with Crippen molar-refractivity contribution in [3.8, 4) is 6.07 Å². The maximum absolute atomic E-state index is 10.9. The van der Waals surface area contributed by atoms with Crippen LogP contribution in [0.25, 0.3) is 0 Å². The van der Waals surface area contributed by atoms with Gasteiger partial charge in [-0.05, 0) is 19.4 Å². The summed E-state index contributed by atoms with van der Waals surface area (Å²) in [7, 11) is 0. The molecule has 0 unspecified atom stereocenters. The Bertz CT molecular complexity index is 177. The van der Waals surface area contributed by atoms with Crippen LogP contribution in [0.1, 0.15) is 12.8 Å². The van der Waals surface area contributed by atoms with Crippen molar-refractivity contribution in [2.75, 3.05) is 26.2 Å². The Hall–Kier alpha value is -1.12. The largest absolute Gasteiger partial charge is 0.396 e. The number of carbonyl (C=O) groups excluding carboxylic acids is 1. The topological polar surface area (TPSA) is 85.2 Å². The molecule has 74 valence electrons. The zero-order valence-corrected chi connectivity index (χ0v) is 7.55. The maximum atomic E-state index is 10.9. The predicted molar refractivity (Wildman–Crippen MR) is 47.8 cm³/mol. The van der Waals surface area contributed by atoms with E-state index in [1.807, 2.05) is 6.07 Å². The Kier molecular flexibility index (Phi) is 8.20. The van der Waals surface area contributed by atoms with Gasteiger partial charge >= 0.3 is 0 Å². The highest BCUT2D eigenvalue weighted by atomic mass is 16.2. The number of unbranched alkanes of at least 4 members (excludes halogenated alkanes) is 1. The molecule has 5 heteroatoms. The summed E-state index contributed by atoms with van der Waals surface area (Å²) < 4.78 is 0. The van der Waals surface area contributed by atoms with Crippen molar-refractivity contribution in [2.24, 2.45) is 0 Å². The normalized spacial score (nSPS) is 9.23. The van der Waals surface area contributed by atoms with Crippen molar-refractivity contribution < 1.29 is 9.90 Å². The van der Waals surface area contributed by atoms with Crippen LogP contribution in [0.3, 0.4) is 0 Å². The molecule has 0 aromatic heterocycles. The van der Waals surface area contributed by atoms with Crippen molar-refractivity contribution >= 4 is 5.91 Å². The van der Waals surface area contributed by atoms with E-state index in [0.717, 1.165) is 12.8 Å². The number of hydrogen-bond donors (Lipinski definition) is 3. The lowest BCUT2D eigenvalue weighted by Crippen LogP contribution is -2.34. The molecule has 0 saturated heterocycles. The molecule has 0 saturated carbocycles. The van der Waals surface area contributed by atoms with Crippen LogP contribution in [0.5, 0.6) is 0 Å². The van der Waals surface area contributed by atoms with Crippen LogP contribution in [0.2, 0.25) is 0 Å². The molecule has 0 fully saturated rings. The standard InChI is InChI=1S/C8H15N3O2/c9-3-5-11-8(13)7-10-4-1-2-6-12/h10,12H,1-2,4-7H2,(H,11,13). The number of nitrogens with one attached hydrogen (secondary N) is 2. The molecule has 0 aromatic rings. The van der Waals surface area contributed by atoms with Gasteiger partial charge in [0.05, 0.1) is 12.6 Å². The van der Waals surface area contributed by atoms with Crippen LogP contribution in [-0.2, 0) is 4.79 Å². The van der Waals surface area contributed by atoms with Crippen molar-refractivity contribution in [1.82, 2.24) is 10.6 Å². The van der Waals surface area contributed by atoms with E-state index in [9.17, 15) is 4.79 Å². The summed E-state index contributed by atoms with van der Waals surface area (Å²) in [6, 6.07) is 1.82. The molecule has 0 aromatic carbocycles. The summed E-state index contributed by atoms with van der Waals surface area (Å²) in [4.78, 5) is 10.9. The number of amides is 1. The summed E-state index contributed by atoms with van der Waals surface area (Å²) in [5.41, 5.74) is 0. The molecule has 0 aliphatic carbocycles. The number of aliphatic hydroxyl groups excluding tert-OH is 1. The zero-order valence-electron chi connectivity index (χ0n) is 7.55. The van der Waals surface area contributed by atoms with Crippen molar-refractivity contribution in [2.45, 2.75) is 12.8 Å². The van der Waals surface area contributed by atoms with Gasteiger partial charge in [0.15, 0.2) is 0 Å². The maximum Gasteiger partial charge on any atom is 0.234 e. The SMILES string of the molecule is N#CCNC(=O)CNCCCCO. The molecule has 0 spiro atoms. The monoisotopic (exact) mass is 185 g/mol. The van der Waals surface area contributed by atoms with Gasteiger partial charge in [-0.3, -0.25) is 4.79 Å². The summed E-state index contributed by atoms with van der Waals surface area (Å²) in [6.45, 7) is 1.17. The van der Waals surface area contributed by atoms with E-state index in [0.29, 0.717) is 6.54 Å². The highest BCUT2D eigenvalue weighted by Gasteiger charge is 1.97. The fraction of sp³-hybridized carbons (Fsp3) is 0.750. The fourth-order valence-corrected chi connectivity index (χ4v) is 0.764. The quantitative estimate of drug-likeness (QED) is 0.350. The third kappa shape index (κ3) is 8.79. The third-order valence-corrected chi connectivity index (χ3v) is 1.41. The second-order valence-corrected chi connectivity index (χ2v) is 2.54. The van der Waals surface area contributed by atoms with Gasteiger partial charge in [0.2, 0.25) is 5.91 Å². The summed E-state index contributed by atoms with van der Waals surface area (Å²) in [6.07, 6.45) is 1.59. The van der Waals surface area contributed by atoms with Crippen LogP contribution in [0.4, 0.5) is 0 Å². The molecule has 13 heavy (non-hydrogen) atoms. The minimum absolute atomic E-state index is 0.0527. The van der Waals surface area contributed by atoms with Crippen LogP contribution in [0.15, 0.2) is 0 Å². The average molecular weight is 185 g/mol. The predicted octanol–water partition coefficient (Wildman–Crippen LogP) is -1.01. The number of rotatable bonds is 7. The van der Waals surface area contributed by atoms with Crippen LogP contribution in [-0.4, -0.2) is 37.3 Å². The molecule has 0 atom stereocenters. The molecular weight excluding hydrogens is 170 g/mol. The Labute approximate surface area is 77.7 Å². The molecule has 0 rings (SSSR count). The van der Waals surface area contributed by atoms with Gasteiger partial charge < -0.3 is 15.7 Å². The van der Waals surface area contributed by atoms with Gasteiger partial charge in [-0.25, -0.2) is 0 Å². The first kappa shape index (κ1) is 11.9. The van der Waals surface area contributed by atoms with Gasteiger partial charge in [0.25, 0.3) is 0 Å². The molecule has 1 amide bonds. The number of nitrogens with zero attached hydrogens (tertiary/aromatic N) is 1. The zero-order chi connectivity index (χ0) is 9.94. The third-order valence-electron chi connectivity index (χ3n) is 1.41. The first-order valence-corrected chi connectivity index (χ1v) is 4.26. The molecule has 0 aliphatic rings. The highest BCUT2D eigenvalue weighted by Crippen LogP contribution is 1.82. The Balaban J connectivity index is 3.13. The van der Waals surface area contributed by atoms with Crippen molar-refractivity contribution in [3.63, 3.8) is 0 Å². The highest BCUT2D eigenvalue weighted by molar-refractivity contribution is 5.78. The average Bonchev–Trinajstić information content (AvgIpc) is 2.14. The minimum Gasteiger partial charge on any atom is -0.396 e. The van der Waals surface area contributed by atoms with E-state index in [-0.39, 0.29) is 25.6 Å². The van der Waals surface area contributed by atoms with E-state index in [1.165, 1.54) is 0 Å². The van der Waals surface area contributed by atoms with Crippen LogP contribution >= 0.6 is 0 Å². The Morgan fingerprint density at radius 3 is 2.85 bits per heavy atom. The van der Waals surface area contributed by atoms with Crippen molar-refractivity contribution in [3.05, 3.63) is 0 Å². The van der Waals surface area contributed by atoms with Gasteiger partial charge in [-0.1, -0.05) is 0 Å². The number of carbonyl (C=O) groups is 1.